The molecule has 0 aromatic heterocycles. The van der Waals surface area contributed by atoms with Crippen LogP contribution in [-0.4, -0.2) is 38.1 Å². The van der Waals surface area contributed by atoms with Gasteiger partial charge in [0, 0.05) is 0 Å². The van der Waals surface area contributed by atoms with Crippen molar-refractivity contribution in [2.24, 2.45) is 5.92 Å². The van der Waals surface area contributed by atoms with Crippen LogP contribution in [-0.2, 0) is 6.42 Å². The van der Waals surface area contributed by atoms with E-state index < -0.39 is 0 Å². The van der Waals surface area contributed by atoms with Crippen molar-refractivity contribution in [1.82, 2.24) is 10.2 Å². The molecule has 0 saturated carbocycles. The zero-order valence-electron chi connectivity index (χ0n) is 13.2. The minimum absolute atomic E-state index is 0. The van der Waals surface area contributed by atoms with Gasteiger partial charge in [0.15, 0.2) is 0 Å². The number of benzene rings is 1. The fourth-order valence-corrected chi connectivity index (χ4v) is 3.74. The number of nitrogens with one attached hydrogen (secondary N) is 1. The van der Waals surface area contributed by atoms with E-state index in [1.54, 1.807) is 11.1 Å². The summed E-state index contributed by atoms with van der Waals surface area (Å²) in [5, 5.41) is 3.46. The lowest BCUT2D eigenvalue weighted by Crippen LogP contribution is -2.29. The molecule has 0 radical (unpaired) electrons. The highest BCUT2D eigenvalue weighted by atomic mass is 35.5. The highest BCUT2D eigenvalue weighted by molar-refractivity contribution is 5.85. The van der Waals surface area contributed by atoms with Crippen LogP contribution in [0, 0.1) is 5.92 Å². The van der Waals surface area contributed by atoms with Crippen LogP contribution in [0.4, 0.5) is 0 Å². The van der Waals surface area contributed by atoms with E-state index in [4.69, 9.17) is 0 Å². The first-order chi connectivity index (χ1) is 9.81. The van der Waals surface area contributed by atoms with E-state index in [1.165, 1.54) is 58.3 Å². The number of rotatable bonds is 3. The fourth-order valence-electron chi connectivity index (χ4n) is 3.74. The van der Waals surface area contributed by atoms with Gasteiger partial charge in [-0.1, -0.05) is 24.3 Å². The van der Waals surface area contributed by atoms with E-state index in [9.17, 15) is 0 Å². The predicted molar refractivity (Wildman–Crippen MR) is 92.5 cm³/mol. The minimum Gasteiger partial charge on any atom is -0.317 e. The SMILES string of the molecule is CN1CCC(c2cccc(CC3CCNCC3)c2)CC1.Cl. The largest absolute Gasteiger partial charge is 0.317 e. The maximum absolute atomic E-state index is 3.46. The maximum atomic E-state index is 3.46. The molecule has 0 bridgehead atoms. The summed E-state index contributed by atoms with van der Waals surface area (Å²) >= 11 is 0. The zero-order valence-corrected chi connectivity index (χ0v) is 14.0. The van der Waals surface area contributed by atoms with Crippen LogP contribution in [0.3, 0.4) is 0 Å². The van der Waals surface area contributed by atoms with E-state index in [0.717, 1.165) is 11.8 Å². The number of halogens is 1. The number of hydrogen-bond donors (Lipinski definition) is 1. The van der Waals surface area contributed by atoms with Crippen molar-refractivity contribution in [2.75, 3.05) is 33.2 Å². The summed E-state index contributed by atoms with van der Waals surface area (Å²) in [6.45, 7) is 4.92. The molecule has 1 aromatic carbocycles. The lowest BCUT2D eigenvalue weighted by molar-refractivity contribution is 0.255. The lowest BCUT2D eigenvalue weighted by atomic mass is 9.86. The topological polar surface area (TPSA) is 15.3 Å². The molecule has 118 valence electrons. The van der Waals surface area contributed by atoms with Gasteiger partial charge in [0.2, 0.25) is 0 Å². The van der Waals surface area contributed by atoms with Crippen LogP contribution in [0.5, 0.6) is 0 Å². The maximum Gasteiger partial charge on any atom is -0.00159 e. The Morgan fingerprint density at radius 3 is 2.52 bits per heavy atom. The van der Waals surface area contributed by atoms with Gasteiger partial charge in [-0.05, 0) is 88.3 Å². The first kappa shape index (κ1) is 16.8. The van der Waals surface area contributed by atoms with Crippen molar-refractivity contribution >= 4 is 12.4 Å². The average molecular weight is 309 g/mol. The molecule has 2 nitrogen and oxygen atoms in total. The second-order valence-electron chi connectivity index (χ2n) is 6.72. The Labute approximate surface area is 135 Å². The van der Waals surface area contributed by atoms with Gasteiger partial charge in [0.05, 0.1) is 0 Å². The molecule has 1 aromatic rings. The van der Waals surface area contributed by atoms with Crippen LogP contribution in [0.15, 0.2) is 24.3 Å². The van der Waals surface area contributed by atoms with Crippen molar-refractivity contribution < 1.29 is 0 Å². The molecule has 0 aliphatic carbocycles. The van der Waals surface area contributed by atoms with E-state index in [-0.39, 0.29) is 12.4 Å². The standard InChI is InChI=1S/C18H28N2.ClH/c1-20-11-7-17(8-12-20)18-4-2-3-16(14-18)13-15-5-9-19-10-6-15;/h2-4,14-15,17,19H,5-13H2,1H3;1H. The van der Waals surface area contributed by atoms with Gasteiger partial charge < -0.3 is 10.2 Å². The zero-order chi connectivity index (χ0) is 13.8. The molecule has 2 fully saturated rings. The van der Waals surface area contributed by atoms with Crippen LogP contribution in [0.2, 0.25) is 0 Å². The highest BCUT2D eigenvalue weighted by Crippen LogP contribution is 2.29. The third-order valence-electron chi connectivity index (χ3n) is 5.12. The van der Waals surface area contributed by atoms with Crippen molar-refractivity contribution in [3.8, 4) is 0 Å². The van der Waals surface area contributed by atoms with Gasteiger partial charge in [-0.25, -0.2) is 0 Å². The van der Waals surface area contributed by atoms with E-state index in [1.807, 2.05) is 0 Å². The summed E-state index contributed by atoms with van der Waals surface area (Å²) in [5.41, 5.74) is 3.15. The molecule has 21 heavy (non-hydrogen) atoms. The molecule has 1 N–H and O–H groups in total. The Morgan fingerprint density at radius 2 is 1.81 bits per heavy atom. The van der Waals surface area contributed by atoms with Gasteiger partial charge in [-0.3, -0.25) is 0 Å². The molecule has 3 heteroatoms. The molecule has 0 amide bonds. The molecule has 0 atom stereocenters. The molecule has 0 spiro atoms. The molecule has 0 unspecified atom stereocenters. The van der Waals surface area contributed by atoms with Crippen molar-refractivity contribution in [1.29, 1.82) is 0 Å². The Kier molecular flexibility index (Phi) is 6.53. The molecule has 2 aliphatic rings. The van der Waals surface area contributed by atoms with Crippen LogP contribution in [0.25, 0.3) is 0 Å². The minimum atomic E-state index is 0. The Morgan fingerprint density at radius 1 is 1.10 bits per heavy atom. The Bertz CT molecular complexity index is 421. The summed E-state index contributed by atoms with van der Waals surface area (Å²) in [6, 6.07) is 9.46. The monoisotopic (exact) mass is 308 g/mol. The Hall–Kier alpha value is -0.570. The van der Waals surface area contributed by atoms with Crippen molar-refractivity contribution in [3.05, 3.63) is 35.4 Å². The number of likely N-dealkylation sites (tertiary alicyclic amines) is 1. The predicted octanol–water partition coefficient (Wildman–Crippen LogP) is 3.46. The van der Waals surface area contributed by atoms with Gasteiger partial charge in [0.25, 0.3) is 0 Å². The smallest absolute Gasteiger partial charge is 0.00159 e. The van der Waals surface area contributed by atoms with Crippen molar-refractivity contribution in [3.63, 3.8) is 0 Å². The molecular formula is C18H29ClN2. The number of piperidine rings is 2. The molecular weight excluding hydrogens is 280 g/mol. The molecule has 2 heterocycles. The summed E-state index contributed by atoms with van der Waals surface area (Å²) in [5.74, 6) is 1.68. The van der Waals surface area contributed by atoms with Gasteiger partial charge in [-0.15, -0.1) is 12.4 Å². The van der Waals surface area contributed by atoms with Crippen LogP contribution in [0.1, 0.15) is 42.7 Å². The van der Waals surface area contributed by atoms with Crippen molar-refractivity contribution in [2.45, 2.75) is 38.0 Å². The average Bonchev–Trinajstić information content (AvgIpc) is 2.49. The van der Waals surface area contributed by atoms with Crippen LogP contribution >= 0.6 is 12.4 Å². The van der Waals surface area contributed by atoms with Crippen LogP contribution < -0.4 is 5.32 Å². The first-order valence-electron chi connectivity index (χ1n) is 8.29. The summed E-state index contributed by atoms with van der Waals surface area (Å²) < 4.78 is 0. The van der Waals surface area contributed by atoms with Gasteiger partial charge in [0.1, 0.15) is 0 Å². The number of hydrogen-bond acceptors (Lipinski definition) is 2. The van der Waals surface area contributed by atoms with E-state index in [2.05, 4.69) is 41.5 Å². The molecule has 2 saturated heterocycles. The summed E-state index contributed by atoms with van der Waals surface area (Å²) in [7, 11) is 2.24. The Balaban J connectivity index is 0.00000161. The quantitative estimate of drug-likeness (QED) is 0.920. The van der Waals surface area contributed by atoms with Gasteiger partial charge in [-0.2, -0.15) is 0 Å². The van der Waals surface area contributed by atoms with Gasteiger partial charge >= 0.3 is 0 Å². The number of nitrogens with zero attached hydrogens (tertiary/aromatic N) is 1. The summed E-state index contributed by atoms with van der Waals surface area (Å²) in [4.78, 5) is 2.45. The lowest BCUT2D eigenvalue weighted by Gasteiger charge is -2.29. The first-order valence-corrected chi connectivity index (χ1v) is 8.29. The molecule has 2 aliphatic heterocycles. The normalized spacial score (nSPS) is 22.0. The second-order valence-corrected chi connectivity index (χ2v) is 6.72. The van der Waals surface area contributed by atoms with E-state index >= 15 is 0 Å². The highest BCUT2D eigenvalue weighted by Gasteiger charge is 2.19. The fraction of sp³-hybridized carbons (Fsp3) is 0.667. The second kappa shape index (κ2) is 8.17. The molecule has 3 rings (SSSR count). The third-order valence-corrected chi connectivity index (χ3v) is 5.12. The summed E-state index contributed by atoms with van der Waals surface area (Å²) in [6.07, 6.45) is 6.62. The van der Waals surface area contributed by atoms with E-state index in [0.29, 0.717) is 0 Å². The third kappa shape index (κ3) is 4.70.